The monoisotopic (exact) mass is 708 g/mol. The predicted molar refractivity (Wildman–Crippen MR) is 225 cm³/mol. The zero-order chi connectivity index (χ0) is 36.6. The van der Waals surface area contributed by atoms with E-state index >= 15 is 8.78 Å². The highest BCUT2D eigenvalue weighted by Crippen LogP contribution is 2.49. The first-order chi connectivity index (χ1) is 27.2. The highest BCUT2D eigenvalue weighted by atomic mass is 19.1. The van der Waals surface area contributed by atoms with Gasteiger partial charge in [0.1, 0.15) is 22.8 Å². The molecule has 1 aromatic heterocycles. The second-order valence-corrected chi connectivity index (χ2v) is 14.1. The lowest BCUT2D eigenvalue weighted by atomic mass is 9.85. The Kier molecular flexibility index (Phi) is 6.99. The van der Waals surface area contributed by atoms with Crippen LogP contribution in [-0.2, 0) is 0 Å². The Morgan fingerprint density at radius 2 is 0.727 bits per heavy atom. The summed E-state index contributed by atoms with van der Waals surface area (Å²) >= 11 is 0. The lowest BCUT2D eigenvalue weighted by Gasteiger charge is -2.18. The van der Waals surface area contributed by atoms with E-state index in [9.17, 15) is 0 Å². The fourth-order valence-electron chi connectivity index (χ4n) is 8.93. The van der Waals surface area contributed by atoms with Crippen molar-refractivity contribution in [2.75, 3.05) is 0 Å². The summed E-state index contributed by atoms with van der Waals surface area (Å²) < 4.78 is 37.8. The lowest BCUT2D eigenvalue weighted by molar-refractivity contribution is 0.590. The Bertz CT molecular complexity index is 3210. The van der Waals surface area contributed by atoms with E-state index in [-0.39, 0.29) is 5.56 Å². The molecule has 0 aliphatic rings. The van der Waals surface area contributed by atoms with Crippen LogP contribution >= 0.6 is 0 Å². The zero-order valence-electron chi connectivity index (χ0n) is 29.5. The Morgan fingerprint density at radius 1 is 0.291 bits per heavy atom. The van der Waals surface area contributed by atoms with Crippen molar-refractivity contribution < 1.29 is 13.2 Å². The number of para-hydroxylation sites is 1. The van der Waals surface area contributed by atoms with Gasteiger partial charge in [-0.25, -0.2) is 8.78 Å². The second kappa shape index (κ2) is 12.2. The van der Waals surface area contributed by atoms with E-state index < -0.39 is 11.6 Å². The van der Waals surface area contributed by atoms with Crippen LogP contribution in [0.5, 0.6) is 0 Å². The highest BCUT2D eigenvalue weighted by Gasteiger charge is 2.24. The predicted octanol–water partition coefficient (Wildman–Crippen LogP) is 15.1. The Morgan fingerprint density at radius 3 is 1.27 bits per heavy atom. The SMILES string of the molecule is Fc1cccc(F)c1-c1c2ccccc2c(-c2cccc3c2oc2ccc(-c4c5ccccc5c(-c5ccccc5)c5ccccc45)cc23)c2ccccc12. The zero-order valence-corrected chi connectivity index (χ0v) is 29.5. The van der Waals surface area contributed by atoms with Gasteiger partial charge in [0, 0.05) is 27.5 Å². The first kappa shape index (κ1) is 31.4. The minimum Gasteiger partial charge on any atom is -0.455 e. The van der Waals surface area contributed by atoms with Crippen molar-refractivity contribution in [1.29, 1.82) is 0 Å². The van der Waals surface area contributed by atoms with Crippen LogP contribution < -0.4 is 0 Å². The molecule has 0 N–H and O–H groups in total. The summed E-state index contributed by atoms with van der Waals surface area (Å²) in [5.74, 6) is -1.18. The van der Waals surface area contributed by atoms with Crippen LogP contribution in [0.2, 0.25) is 0 Å². The van der Waals surface area contributed by atoms with Gasteiger partial charge in [0.15, 0.2) is 0 Å². The average Bonchev–Trinajstić information content (AvgIpc) is 3.61. The highest BCUT2D eigenvalue weighted by molar-refractivity contribution is 6.25. The summed E-state index contributed by atoms with van der Waals surface area (Å²) in [5, 5.41) is 10.2. The van der Waals surface area contributed by atoms with E-state index in [0.29, 0.717) is 5.56 Å². The lowest BCUT2D eigenvalue weighted by Crippen LogP contribution is -1.95. The molecule has 258 valence electrons. The quantitative estimate of drug-likeness (QED) is 0.166. The molecule has 0 saturated heterocycles. The number of hydrogen-bond acceptors (Lipinski definition) is 1. The van der Waals surface area contributed by atoms with E-state index in [0.717, 1.165) is 60.2 Å². The van der Waals surface area contributed by atoms with Gasteiger partial charge in [-0.2, -0.15) is 0 Å². The number of halogens is 2. The van der Waals surface area contributed by atoms with Gasteiger partial charge in [-0.3, -0.25) is 0 Å². The molecule has 0 atom stereocenters. The van der Waals surface area contributed by atoms with Crippen LogP contribution in [0.4, 0.5) is 8.78 Å². The molecule has 0 bridgehead atoms. The van der Waals surface area contributed by atoms with Gasteiger partial charge in [-0.05, 0) is 89.6 Å². The first-order valence-electron chi connectivity index (χ1n) is 18.5. The molecule has 0 fully saturated rings. The van der Waals surface area contributed by atoms with Crippen molar-refractivity contribution in [1.82, 2.24) is 0 Å². The standard InChI is InChI=1S/C52H30F2O/c53-44-26-13-27-45(54)51(44)50-39-22-10-8-20-37(39)49(38-21-9-11-23-40(38)50)42-25-12-24-41-43-30-32(28-29-46(43)55-52(41)42)48-35-18-6-4-16-33(35)47(31-14-2-1-3-15-31)34-17-5-7-19-36(34)48/h1-30H. The van der Waals surface area contributed by atoms with Crippen molar-refractivity contribution in [2.45, 2.75) is 0 Å². The number of rotatable bonds is 4. The van der Waals surface area contributed by atoms with Crippen molar-refractivity contribution in [3.63, 3.8) is 0 Å². The van der Waals surface area contributed by atoms with Gasteiger partial charge in [-0.15, -0.1) is 0 Å². The van der Waals surface area contributed by atoms with Crippen LogP contribution in [0.1, 0.15) is 0 Å². The van der Waals surface area contributed by atoms with Crippen LogP contribution in [-0.4, -0.2) is 0 Å². The number of fused-ring (bicyclic) bond motifs is 7. The topological polar surface area (TPSA) is 13.1 Å². The summed E-state index contributed by atoms with van der Waals surface area (Å²) in [6.07, 6.45) is 0. The maximum atomic E-state index is 15.5. The molecule has 0 amide bonds. The largest absolute Gasteiger partial charge is 0.455 e. The molecule has 11 rings (SSSR count). The second-order valence-electron chi connectivity index (χ2n) is 14.1. The van der Waals surface area contributed by atoms with Gasteiger partial charge >= 0.3 is 0 Å². The number of benzene rings is 10. The van der Waals surface area contributed by atoms with Gasteiger partial charge in [0.05, 0.1) is 5.56 Å². The third-order valence-electron chi connectivity index (χ3n) is 11.2. The Labute approximate surface area is 315 Å². The molecule has 11 aromatic rings. The average molecular weight is 709 g/mol. The molecule has 1 heterocycles. The fourth-order valence-corrected chi connectivity index (χ4v) is 8.93. The van der Waals surface area contributed by atoms with Crippen LogP contribution in [0.3, 0.4) is 0 Å². The van der Waals surface area contributed by atoms with E-state index in [1.165, 1.54) is 56.4 Å². The molecule has 3 heteroatoms. The van der Waals surface area contributed by atoms with Gasteiger partial charge < -0.3 is 4.42 Å². The summed E-state index contributed by atoms with van der Waals surface area (Å²) in [6.45, 7) is 0. The molecular formula is C52H30F2O. The minimum absolute atomic E-state index is 0.0206. The van der Waals surface area contributed by atoms with Crippen molar-refractivity contribution in [3.8, 4) is 44.5 Å². The van der Waals surface area contributed by atoms with Gasteiger partial charge in [0.2, 0.25) is 0 Å². The van der Waals surface area contributed by atoms with Crippen molar-refractivity contribution in [3.05, 3.63) is 194 Å². The molecule has 0 aliphatic carbocycles. The maximum absolute atomic E-state index is 15.5. The fraction of sp³-hybridized carbons (Fsp3) is 0. The third kappa shape index (κ3) is 4.70. The van der Waals surface area contributed by atoms with Gasteiger partial charge in [0.25, 0.3) is 0 Å². The third-order valence-corrected chi connectivity index (χ3v) is 11.2. The smallest absolute Gasteiger partial charge is 0.143 e. The summed E-state index contributed by atoms with van der Waals surface area (Å²) in [6, 6.07) is 60.7. The van der Waals surface area contributed by atoms with Crippen LogP contribution in [0.15, 0.2) is 186 Å². The summed E-state index contributed by atoms with van der Waals surface area (Å²) in [4.78, 5) is 0. The van der Waals surface area contributed by atoms with Crippen LogP contribution in [0.25, 0.3) is 110 Å². The molecule has 0 radical (unpaired) electrons. The van der Waals surface area contributed by atoms with Crippen molar-refractivity contribution >= 4 is 65.0 Å². The maximum Gasteiger partial charge on any atom is 0.143 e. The normalized spacial score (nSPS) is 11.8. The molecular weight excluding hydrogens is 679 g/mol. The molecule has 10 aromatic carbocycles. The molecule has 0 saturated carbocycles. The van der Waals surface area contributed by atoms with E-state index in [4.69, 9.17) is 4.42 Å². The summed E-state index contributed by atoms with van der Waals surface area (Å²) in [7, 11) is 0. The molecule has 55 heavy (non-hydrogen) atoms. The summed E-state index contributed by atoms with van der Waals surface area (Å²) in [5.41, 5.74) is 8.69. The van der Waals surface area contributed by atoms with Crippen LogP contribution in [0, 0.1) is 11.6 Å². The molecule has 0 spiro atoms. The number of hydrogen-bond donors (Lipinski definition) is 0. The van der Waals surface area contributed by atoms with E-state index in [1.807, 2.05) is 48.5 Å². The number of furan rings is 1. The molecule has 1 nitrogen and oxygen atoms in total. The Balaban J connectivity index is 1.18. The molecule has 0 unspecified atom stereocenters. The first-order valence-corrected chi connectivity index (χ1v) is 18.5. The molecule has 0 aliphatic heterocycles. The van der Waals surface area contributed by atoms with Crippen molar-refractivity contribution in [2.24, 2.45) is 0 Å². The van der Waals surface area contributed by atoms with E-state index in [1.54, 1.807) is 0 Å². The minimum atomic E-state index is -0.589. The van der Waals surface area contributed by atoms with Gasteiger partial charge in [-0.1, -0.05) is 158 Å². The Hall–Kier alpha value is -7.10. The van der Waals surface area contributed by atoms with E-state index in [2.05, 4.69) is 115 Å².